The third-order valence-corrected chi connectivity index (χ3v) is 5.06. The molecular weight excluding hydrogens is 415 g/mol. The van der Waals surface area contributed by atoms with Crippen LogP contribution >= 0.6 is 0 Å². The van der Waals surface area contributed by atoms with Gasteiger partial charge in [-0.1, -0.05) is 24.3 Å². The SMILES string of the molecule is O=C1c2ccccc2-c2n[nH]c(-c3ccc(-c4ccc(C(F)(F)F)cc4[N+](=O)[O-])o3)c21. The fourth-order valence-electron chi connectivity index (χ4n) is 3.64. The molecule has 0 amide bonds. The standard InChI is InChI=1S/C21H10F3N3O4/c22-21(23,24)10-5-6-13(14(9-10)27(29)30)15-7-8-16(31-15)19-17-18(25-26-19)11-3-1-2-4-12(11)20(17)28/h1-9H,(H,25,26). The molecule has 0 spiro atoms. The number of hydrogen-bond acceptors (Lipinski definition) is 5. The molecule has 1 N–H and O–H groups in total. The number of aromatic nitrogens is 2. The summed E-state index contributed by atoms with van der Waals surface area (Å²) in [5.41, 5.74) is 0.249. The number of hydrogen-bond donors (Lipinski definition) is 1. The van der Waals surface area contributed by atoms with E-state index in [0.29, 0.717) is 28.5 Å². The molecule has 5 rings (SSSR count). The minimum Gasteiger partial charge on any atom is -0.454 e. The van der Waals surface area contributed by atoms with Gasteiger partial charge in [0.2, 0.25) is 0 Å². The van der Waals surface area contributed by atoms with Crippen LogP contribution in [0.1, 0.15) is 21.5 Å². The normalized spacial score (nSPS) is 12.7. The number of nitrogens with one attached hydrogen (secondary N) is 1. The molecule has 1 aliphatic carbocycles. The molecule has 0 saturated heterocycles. The van der Waals surface area contributed by atoms with E-state index in [2.05, 4.69) is 10.2 Å². The highest BCUT2D eigenvalue weighted by molar-refractivity contribution is 6.23. The van der Waals surface area contributed by atoms with E-state index in [1.54, 1.807) is 24.3 Å². The van der Waals surface area contributed by atoms with Gasteiger partial charge in [0.25, 0.3) is 5.69 Å². The first kappa shape index (κ1) is 18.8. The van der Waals surface area contributed by atoms with Crippen molar-refractivity contribution in [1.29, 1.82) is 0 Å². The summed E-state index contributed by atoms with van der Waals surface area (Å²) < 4.78 is 44.5. The Bertz CT molecular complexity index is 1380. The molecule has 0 aliphatic heterocycles. The number of rotatable bonds is 3. The smallest absolute Gasteiger partial charge is 0.416 e. The van der Waals surface area contributed by atoms with E-state index in [1.165, 1.54) is 12.1 Å². The molecule has 7 nitrogen and oxygen atoms in total. The van der Waals surface area contributed by atoms with Gasteiger partial charge in [-0.25, -0.2) is 0 Å². The number of H-pyrrole nitrogens is 1. The van der Waals surface area contributed by atoms with Crippen LogP contribution in [0.15, 0.2) is 59.0 Å². The Labute approximate surface area is 171 Å². The van der Waals surface area contributed by atoms with Crippen LogP contribution in [0.25, 0.3) is 34.0 Å². The maximum absolute atomic E-state index is 12.9. The molecule has 0 saturated carbocycles. The lowest BCUT2D eigenvalue weighted by Crippen LogP contribution is -2.06. The Morgan fingerprint density at radius 1 is 0.968 bits per heavy atom. The number of benzene rings is 2. The minimum atomic E-state index is -4.72. The maximum Gasteiger partial charge on any atom is 0.416 e. The number of ketones is 1. The number of nitro groups is 1. The Morgan fingerprint density at radius 2 is 1.68 bits per heavy atom. The molecule has 2 heterocycles. The number of carbonyl (C=O) groups excluding carboxylic acids is 1. The zero-order valence-electron chi connectivity index (χ0n) is 15.4. The van der Waals surface area contributed by atoms with Crippen LogP contribution in [0.2, 0.25) is 0 Å². The number of nitro benzene ring substituents is 1. The molecule has 154 valence electrons. The number of halogens is 3. The van der Waals surface area contributed by atoms with Crippen LogP contribution in [-0.2, 0) is 6.18 Å². The lowest BCUT2D eigenvalue weighted by atomic mass is 10.1. The van der Waals surface area contributed by atoms with Crippen LogP contribution < -0.4 is 0 Å². The third-order valence-electron chi connectivity index (χ3n) is 5.06. The summed E-state index contributed by atoms with van der Waals surface area (Å²) in [4.78, 5) is 23.3. The molecule has 0 unspecified atom stereocenters. The third kappa shape index (κ3) is 2.83. The predicted octanol–water partition coefficient (Wildman–Crippen LogP) is 5.48. The lowest BCUT2D eigenvalue weighted by molar-refractivity contribution is -0.384. The van der Waals surface area contributed by atoms with Crippen molar-refractivity contribution in [1.82, 2.24) is 10.2 Å². The summed E-state index contributed by atoms with van der Waals surface area (Å²) in [6, 6.07) is 12.0. The molecule has 4 aromatic rings. The molecule has 2 aromatic heterocycles. The molecule has 31 heavy (non-hydrogen) atoms. The summed E-state index contributed by atoms with van der Waals surface area (Å²) in [6.45, 7) is 0. The lowest BCUT2D eigenvalue weighted by Gasteiger charge is -2.07. The topological polar surface area (TPSA) is 102 Å². The van der Waals surface area contributed by atoms with Crippen molar-refractivity contribution in [2.45, 2.75) is 6.18 Å². The summed E-state index contributed by atoms with van der Waals surface area (Å²) in [5.74, 6) is -0.0753. The van der Waals surface area contributed by atoms with Crippen LogP contribution in [0, 0.1) is 10.1 Å². The molecule has 1 aliphatic rings. The Morgan fingerprint density at radius 3 is 2.39 bits per heavy atom. The summed E-state index contributed by atoms with van der Waals surface area (Å²) >= 11 is 0. The quantitative estimate of drug-likeness (QED) is 0.305. The second kappa shape index (κ2) is 6.39. The Kier molecular flexibility index (Phi) is 3.88. The van der Waals surface area contributed by atoms with Gasteiger partial charge in [-0.15, -0.1) is 0 Å². The van der Waals surface area contributed by atoms with Gasteiger partial charge >= 0.3 is 6.18 Å². The van der Waals surface area contributed by atoms with Crippen molar-refractivity contribution in [3.63, 3.8) is 0 Å². The second-order valence-corrected chi connectivity index (χ2v) is 6.85. The van der Waals surface area contributed by atoms with Crippen molar-refractivity contribution in [3.8, 4) is 34.0 Å². The van der Waals surface area contributed by atoms with Gasteiger partial charge in [0.15, 0.2) is 11.5 Å². The van der Waals surface area contributed by atoms with Gasteiger partial charge < -0.3 is 4.42 Å². The van der Waals surface area contributed by atoms with Crippen LogP contribution in [0.4, 0.5) is 18.9 Å². The number of furan rings is 1. The monoisotopic (exact) mass is 425 g/mol. The average Bonchev–Trinajstić information content (AvgIpc) is 3.44. The number of carbonyl (C=O) groups is 1. The molecule has 0 fully saturated rings. The predicted molar refractivity (Wildman–Crippen MR) is 102 cm³/mol. The number of alkyl halides is 3. The van der Waals surface area contributed by atoms with E-state index in [9.17, 15) is 28.1 Å². The van der Waals surface area contributed by atoms with E-state index in [-0.39, 0.29) is 28.6 Å². The zero-order chi connectivity index (χ0) is 21.9. The summed E-state index contributed by atoms with van der Waals surface area (Å²) in [7, 11) is 0. The number of aromatic amines is 1. The number of fused-ring (bicyclic) bond motifs is 3. The Balaban J connectivity index is 1.59. The van der Waals surface area contributed by atoms with Gasteiger partial charge in [0, 0.05) is 17.2 Å². The molecule has 0 atom stereocenters. The van der Waals surface area contributed by atoms with Crippen LogP contribution in [0.3, 0.4) is 0 Å². The van der Waals surface area contributed by atoms with Crippen LogP contribution in [-0.4, -0.2) is 20.9 Å². The fourth-order valence-corrected chi connectivity index (χ4v) is 3.64. The molecule has 0 radical (unpaired) electrons. The van der Waals surface area contributed by atoms with E-state index in [1.807, 2.05) is 0 Å². The van der Waals surface area contributed by atoms with E-state index in [4.69, 9.17) is 4.42 Å². The molecule has 10 heteroatoms. The summed E-state index contributed by atoms with van der Waals surface area (Å²) in [6.07, 6.45) is -4.72. The van der Waals surface area contributed by atoms with Gasteiger partial charge in [-0.2, -0.15) is 18.3 Å². The molecule has 0 bridgehead atoms. The van der Waals surface area contributed by atoms with Crippen molar-refractivity contribution in [2.75, 3.05) is 0 Å². The largest absolute Gasteiger partial charge is 0.454 e. The highest BCUT2D eigenvalue weighted by Gasteiger charge is 2.35. The maximum atomic E-state index is 12.9. The number of nitrogens with zero attached hydrogens (tertiary/aromatic N) is 2. The van der Waals surface area contributed by atoms with Gasteiger partial charge in [-0.05, 0) is 24.3 Å². The minimum absolute atomic E-state index is 0.0123. The highest BCUT2D eigenvalue weighted by Crippen LogP contribution is 2.42. The highest BCUT2D eigenvalue weighted by atomic mass is 19.4. The fraction of sp³-hybridized carbons (Fsp3) is 0.0476. The summed E-state index contributed by atoms with van der Waals surface area (Å²) in [5, 5.41) is 18.3. The van der Waals surface area contributed by atoms with E-state index >= 15 is 0 Å². The van der Waals surface area contributed by atoms with E-state index in [0.717, 1.165) is 12.1 Å². The first-order valence-corrected chi connectivity index (χ1v) is 8.94. The molecular formula is C21H10F3N3O4. The van der Waals surface area contributed by atoms with Gasteiger partial charge in [0.1, 0.15) is 17.1 Å². The Hall–Kier alpha value is -4.21. The molecule has 2 aromatic carbocycles. The second-order valence-electron chi connectivity index (χ2n) is 6.85. The van der Waals surface area contributed by atoms with Crippen LogP contribution in [0.5, 0.6) is 0 Å². The van der Waals surface area contributed by atoms with E-state index < -0.39 is 22.4 Å². The first-order chi connectivity index (χ1) is 14.8. The average molecular weight is 425 g/mol. The van der Waals surface area contributed by atoms with Crippen molar-refractivity contribution < 1.29 is 27.3 Å². The van der Waals surface area contributed by atoms with Crippen molar-refractivity contribution >= 4 is 11.5 Å². The van der Waals surface area contributed by atoms with Crippen molar-refractivity contribution in [3.05, 3.63) is 81.4 Å². The van der Waals surface area contributed by atoms with Gasteiger partial charge in [0.05, 0.1) is 21.6 Å². The zero-order valence-corrected chi connectivity index (χ0v) is 15.4. The van der Waals surface area contributed by atoms with Crippen molar-refractivity contribution in [2.24, 2.45) is 0 Å². The van der Waals surface area contributed by atoms with Gasteiger partial charge in [-0.3, -0.25) is 20.0 Å². The first-order valence-electron chi connectivity index (χ1n) is 8.94.